The van der Waals surface area contributed by atoms with Gasteiger partial charge in [-0.3, -0.25) is 13.9 Å². The molecule has 7 nitrogen and oxygen atoms in total. The summed E-state index contributed by atoms with van der Waals surface area (Å²) in [7, 11) is -4.11. The third kappa shape index (κ3) is 7.83. The number of carbonyl (C=O) groups is 2. The van der Waals surface area contributed by atoms with Crippen LogP contribution in [0.15, 0.2) is 77.7 Å². The van der Waals surface area contributed by atoms with Crippen LogP contribution in [0.3, 0.4) is 0 Å². The minimum atomic E-state index is -4.11. The lowest BCUT2D eigenvalue weighted by molar-refractivity contribution is -0.140. The van der Waals surface area contributed by atoms with E-state index in [4.69, 9.17) is 11.6 Å². The SMILES string of the molecule is Cc1ccc(N(CC(=O)N(Cc2ccccc2Cl)C(C)C(=O)NC(C)(C)C)S(=O)(=O)c2ccc(C)cc2)cc1. The summed E-state index contributed by atoms with van der Waals surface area (Å²) in [4.78, 5) is 28.5. The summed E-state index contributed by atoms with van der Waals surface area (Å²) in [6.07, 6.45) is 0. The van der Waals surface area contributed by atoms with Crippen molar-refractivity contribution in [1.29, 1.82) is 0 Å². The highest BCUT2D eigenvalue weighted by Crippen LogP contribution is 2.26. The maximum absolute atomic E-state index is 13.9. The van der Waals surface area contributed by atoms with Crippen LogP contribution in [0.4, 0.5) is 5.69 Å². The fourth-order valence-corrected chi connectivity index (χ4v) is 5.55. The second-order valence-electron chi connectivity index (χ2n) is 10.7. The number of hydrogen-bond donors (Lipinski definition) is 1. The van der Waals surface area contributed by atoms with Gasteiger partial charge in [-0.1, -0.05) is 65.2 Å². The van der Waals surface area contributed by atoms with E-state index < -0.39 is 34.1 Å². The van der Waals surface area contributed by atoms with Gasteiger partial charge in [-0.05, 0) is 77.4 Å². The number of carbonyl (C=O) groups excluding carboxylic acids is 2. The van der Waals surface area contributed by atoms with E-state index in [0.717, 1.165) is 15.4 Å². The number of benzene rings is 3. The molecule has 0 aromatic heterocycles. The van der Waals surface area contributed by atoms with Gasteiger partial charge in [0.1, 0.15) is 12.6 Å². The summed E-state index contributed by atoms with van der Waals surface area (Å²) >= 11 is 6.40. The summed E-state index contributed by atoms with van der Waals surface area (Å²) in [6.45, 7) is 10.5. The van der Waals surface area contributed by atoms with E-state index in [0.29, 0.717) is 16.3 Å². The molecule has 3 rings (SSSR count). The number of nitrogens with zero attached hydrogens (tertiary/aromatic N) is 2. The van der Waals surface area contributed by atoms with E-state index in [1.165, 1.54) is 17.0 Å². The predicted molar refractivity (Wildman–Crippen MR) is 156 cm³/mol. The molecule has 0 heterocycles. The number of amides is 2. The number of anilines is 1. The molecule has 39 heavy (non-hydrogen) atoms. The molecular weight excluding hydrogens is 534 g/mol. The average molecular weight is 570 g/mol. The quantitative estimate of drug-likeness (QED) is 0.369. The molecule has 208 valence electrons. The Hall–Kier alpha value is -3.36. The molecule has 0 saturated carbocycles. The molecule has 1 atom stereocenters. The van der Waals surface area contributed by atoms with Crippen molar-refractivity contribution in [1.82, 2.24) is 10.2 Å². The van der Waals surface area contributed by atoms with Gasteiger partial charge < -0.3 is 10.2 Å². The molecule has 1 N–H and O–H groups in total. The van der Waals surface area contributed by atoms with Gasteiger partial charge in [-0.25, -0.2) is 8.42 Å². The maximum atomic E-state index is 13.9. The largest absolute Gasteiger partial charge is 0.350 e. The maximum Gasteiger partial charge on any atom is 0.264 e. The molecule has 0 saturated heterocycles. The van der Waals surface area contributed by atoms with Gasteiger partial charge in [0.2, 0.25) is 11.8 Å². The van der Waals surface area contributed by atoms with Crippen LogP contribution < -0.4 is 9.62 Å². The van der Waals surface area contributed by atoms with Gasteiger partial charge in [0.25, 0.3) is 10.0 Å². The molecule has 0 aliphatic carbocycles. The van der Waals surface area contributed by atoms with Crippen molar-refractivity contribution >= 4 is 39.1 Å². The molecule has 0 aliphatic heterocycles. The van der Waals surface area contributed by atoms with Gasteiger partial charge in [-0.15, -0.1) is 0 Å². The Bertz CT molecular complexity index is 1420. The van der Waals surface area contributed by atoms with Crippen LogP contribution in [0.1, 0.15) is 44.4 Å². The van der Waals surface area contributed by atoms with Crippen LogP contribution >= 0.6 is 11.6 Å². The third-order valence-corrected chi connectivity index (χ3v) is 8.33. The van der Waals surface area contributed by atoms with Crippen molar-refractivity contribution in [2.75, 3.05) is 10.8 Å². The Morgan fingerprint density at radius 2 is 1.44 bits per heavy atom. The van der Waals surface area contributed by atoms with Crippen molar-refractivity contribution in [3.05, 3.63) is 94.5 Å². The van der Waals surface area contributed by atoms with E-state index >= 15 is 0 Å². The van der Waals surface area contributed by atoms with E-state index in [-0.39, 0.29) is 17.3 Å². The van der Waals surface area contributed by atoms with Crippen LogP contribution in [0.5, 0.6) is 0 Å². The Balaban J connectivity index is 2.04. The van der Waals surface area contributed by atoms with Crippen LogP contribution in [-0.2, 0) is 26.2 Å². The highest BCUT2D eigenvalue weighted by Gasteiger charge is 2.33. The standard InChI is InChI=1S/C30H36ClN3O4S/c1-21-11-15-25(16-12-21)34(39(37,38)26-17-13-22(2)14-18-26)20-28(35)33(19-24-9-7-8-10-27(24)31)23(3)29(36)32-30(4,5)6/h7-18,23H,19-20H2,1-6H3,(H,32,36). The first kappa shape index (κ1) is 30.2. The minimum absolute atomic E-state index is 0.0313. The molecule has 9 heteroatoms. The molecule has 0 radical (unpaired) electrons. The Morgan fingerprint density at radius 3 is 1.97 bits per heavy atom. The third-order valence-electron chi connectivity index (χ3n) is 6.17. The summed E-state index contributed by atoms with van der Waals surface area (Å²) in [5, 5.41) is 3.36. The second-order valence-corrected chi connectivity index (χ2v) is 13.0. The molecule has 0 aliphatic rings. The van der Waals surface area contributed by atoms with Gasteiger partial charge >= 0.3 is 0 Å². The summed E-state index contributed by atoms with van der Waals surface area (Å²) < 4.78 is 28.8. The lowest BCUT2D eigenvalue weighted by atomic mass is 10.1. The number of hydrogen-bond acceptors (Lipinski definition) is 4. The lowest BCUT2D eigenvalue weighted by Crippen LogP contribution is -2.54. The smallest absolute Gasteiger partial charge is 0.264 e. The first-order valence-electron chi connectivity index (χ1n) is 12.7. The second kappa shape index (κ2) is 12.2. The molecule has 0 bridgehead atoms. The monoisotopic (exact) mass is 569 g/mol. The predicted octanol–water partition coefficient (Wildman–Crippen LogP) is 5.48. The fraction of sp³-hybridized carbons (Fsp3) is 0.333. The normalized spacial score (nSPS) is 12.5. The Labute approximate surface area is 236 Å². The molecule has 1 unspecified atom stereocenters. The molecule has 3 aromatic rings. The van der Waals surface area contributed by atoms with Crippen LogP contribution in [-0.4, -0.2) is 43.3 Å². The van der Waals surface area contributed by atoms with Crippen molar-refractivity contribution in [3.63, 3.8) is 0 Å². The summed E-state index contributed by atoms with van der Waals surface area (Å²) in [5.41, 5.74) is 2.33. The van der Waals surface area contributed by atoms with Crippen molar-refractivity contribution in [3.8, 4) is 0 Å². The van der Waals surface area contributed by atoms with Crippen molar-refractivity contribution in [2.45, 2.75) is 64.6 Å². The number of nitrogens with one attached hydrogen (secondary N) is 1. The van der Waals surface area contributed by atoms with Crippen LogP contribution in [0, 0.1) is 13.8 Å². The molecular formula is C30H36ClN3O4S. The Kier molecular flexibility index (Phi) is 9.46. The van der Waals surface area contributed by atoms with E-state index in [1.807, 2.05) is 34.6 Å². The van der Waals surface area contributed by atoms with Crippen LogP contribution in [0.25, 0.3) is 0 Å². The van der Waals surface area contributed by atoms with Gasteiger partial charge in [0.15, 0.2) is 0 Å². The topological polar surface area (TPSA) is 86.8 Å². The number of rotatable bonds is 9. The van der Waals surface area contributed by atoms with Gasteiger partial charge in [-0.2, -0.15) is 0 Å². The molecule has 0 fully saturated rings. The fourth-order valence-electron chi connectivity index (χ4n) is 3.94. The highest BCUT2D eigenvalue weighted by atomic mass is 35.5. The van der Waals surface area contributed by atoms with Gasteiger partial charge in [0, 0.05) is 17.1 Å². The van der Waals surface area contributed by atoms with Gasteiger partial charge in [0.05, 0.1) is 10.6 Å². The highest BCUT2D eigenvalue weighted by molar-refractivity contribution is 7.92. The number of sulfonamides is 1. The van der Waals surface area contributed by atoms with Crippen molar-refractivity contribution < 1.29 is 18.0 Å². The number of aryl methyl sites for hydroxylation is 2. The van der Waals surface area contributed by atoms with E-state index in [2.05, 4.69) is 5.32 Å². The number of halogens is 1. The molecule has 3 aromatic carbocycles. The van der Waals surface area contributed by atoms with Crippen molar-refractivity contribution in [2.24, 2.45) is 0 Å². The lowest BCUT2D eigenvalue weighted by Gasteiger charge is -2.33. The first-order valence-corrected chi connectivity index (χ1v) is 14.5. The van der Waals surface area contributed by atoms with Crippen LogP contribution in [0.2, 0.25) is 5.02 Å². The molecule has 0 spiro atoms. The summed E-state index contributed by atoms with van der Waals surface area (Å²) in [5.74, 6) is -0.895. The zero-order valence-corrected chi connectivity index (χ0v) is 24.8. The zero-order chi connectivity index (χ0) is 29.0. The molecule has 2 amide bonds. The summed E-state index contributed by atoms with van der Waals surface area (Å²) in [6, 6.07) is 19.6. The van der Waals surface area contributed by atoms with E-state index in [1.54, 1.807) is 67.6 Å². The minimum Gasteiger partial charge on any atom is -0.350 e. The zero-order valence-electron chi connectivity index (χ0n) is 23.2. The Morgan fingerprint density at radius 1 is 0.897 bits per heavy atom. The first-order chi connectivity index (χ1) is 18.2. The van der Waals surface area contributed by atoms with E-state index in [9.17, 15) is 18.0 Å². The average Bonchev–Trinajstić information content (AvgIpc) is 2.86.